The number of pyridine rings is 2. The molecule has 0 spiro atoms. The molecule has 1 radical (unpaired) electrons. The Hall–Kier alpha value is -4.15. The summed E-state index contributed by atoms with van der Waals surface area (Å²) in [5.41, 5.74) is 10.7. The summed E-state index contributed by atoms with van der Waals surface area (Å²) in [6.07, 6.45) is 3.93. The summed E-state index contributed by atoms with van der Waals surface area (Å²) >= 11 is 0. The molecule has 3 nitrogen and oxygen atoms in total. The molecule has 0 bridgehead atoms. The molecule has 0 saturated carbocycles. The topological polar surface area (TPSA) is 38.9 Å². The minimum atomic E-state index is -1.27. The fourth-order valence-corrected chi connectivity index (χ4v) is 7.52. The van der Waals surface area contributed by atoms with Gasteiger partial charge in [-0.05, 0) is 63.8 Å². The maximum Gasteiger partial charge on any atom is 0.120 e. The third-order valence-electron chi connectivity index (χ3n) is 8.32. The van der Waals surface area contributed by atoms with Crippen molar-refractivity contribution in [1.29, 1.82) is 0 Å². The van der Waals surface area contributed by atoms with Crippen molar-refractivity contribution in [3.05, 3.63) is 139 Å². The van der Waals surface area contributed by atoms with Crippen LogP contribution in [-0.4, -0.2) is 18.0 Å². The number of hydrogen-bond donors (Lipinski definition) is 0. The Balaban J connectivity index is 0.000000207. The molecule has 0 amide bonds. The molecular formula is C42H40IrN2OSi-2. The second kappa shape index (κ2) is 13.9. The van der Waals surface area contributed by atoms with E-state index in [2.05, 4.69) is 148 Å². The molecular weight excluding hydrogens is 769 g/mol. The van der Waals surface area contributed by atoms with Gasteiger partial charge in [-0.3, -0.25) is 0 Å². The summed E-state index contributed by atoms with van der Waals surface area (Å²) in [5, 5.41) is 3.65. The molecule has 0 fully saturated rings. The maximum absolute atomic E-state index is 6.28. The van der Waals surface area contributed by atoms with Crippen LogP contribution in [0.15, 0.2) is 120 Å². The van der Waals surface area contributed by atoms with Crippen LogP contribution in [0.2, 0.25) is 19.6 Å². The monoisotopic (exact) mass is 809 g/mol. The van der Waals surface area contributed by atoms with Crippen molar-refractivity contribution in [2.75, 3.05) is 0 Å². The molecule has 0 aliphatic carbocycles. The van der Waals surface area contributed by atoms with Gasteiger partial charge in [-0.25, -0.2) is 0 Å². The van der Waals surface area contributed by atoms with Gasteiger partial charge >= 0.3 is 0 Å². The first-order valence-electron chi connectivity index (χ1n) is 15.8. The van der Waals surface area contributed by atoms with Gasteiger partial charge < -0.3 is 14.4 Å². The van der Waals surface area contributed by atoms with Crippen molar-refractivity contribution >= 4 is 35.2 Å². The number of furan rings is 1. The second-order valence-corrected chi connectivity index (χ2v) is 18.9. The van der Waals surface area contributed by atoms with Crippen LogP contribution in [0.5, 0.6) is 0 Å². The van der Waals surface area contributed by atoms with E-state index in [0.29, 0.717) is 0 Å². The third-order valence-corrected chi connectivity index (χ3v) is 10.5. The molecule has 7 aromatic rings. The molecule has 0 aliphatic heterocycles. The van der Waals surface area contributed by atoms with Gasteiger partial charge in [-0.15, -0.1) is 54.1 Å². The van der Waals surface area contributed by atoms with Gasteiger partial charge in [0.25, 0.3) is 0 Å². The Morgan fingerprint density at radius 1 is 0.702 bits per heavy atom. The van der Waals surface area contributed by atoms with E-state index in [-0.39, 0.29) is 25.5 Å². The minimum absolute atomic E-state index is 0. The smallest absolute Gasteiger partial charge is 0.120 e. The van der Waals surface area contributed by atoms with Crippen LogP contribution in [-0.2, 0) is 25.5 Å². The zero-order chi connectivity index (χ0) is 32.5. The van der Waals surface area contributed by atoms with E-state index in [1.807, 2.05) is 36.5 Å². The average molecular weight is 809 g/mol. The summed E-state index contributed by atoms with van der Waals surface area (Å²) in [6, 6.07) is 41.8. The molecule has 0 aliphatic rings. The molecule has 239 valence electrons. The van der Waals surface area contributed by atoms with Gasteiger partial charge in [0.1, 0.15) is 5.58 Å². The van der Waals surface area contributed by atoms with Crippen molar-refractivity contribution in [1.82, 2.24) is 9.97 Å². The van der Waals surface area contributed by atoms with E-state index in [9.17, 15) is 0 Å². The molecule has 0 atom stereocenters. The molecule has 5 heteroatoms. The van der Waals surface area contributed by atoms with Crippen molar-refractivity contribution in [3.63, 3.8) is 0 Å². The predicted molar refractivity (Wildman–Crippen MR) is 196 cm³/mol. The number of benzene rings is 4. The standard InChI is InChI=1S/C27H22NO.C15H18NSi.Ir/c1-27(2,3)20-14-15-28-24(17-20)22-11-7-10-21-23-16-19(18-8-5-4-6-9-18)12-13-25(23)29-26(21)22;1-12-10-14(13-8-6-5-7-9-13)16-11-15(12)17(2,3)4;/h4-10,12-17H,1-3H3;5-8,10-11H,1-4H3;/q2*-1;. The Morgan fingerprint density at radius 2 is 1.47 bits per heavy atom. The first-order valence-corrected chi connectivity index (χ1v) is 19.3. The van der Waals surface area contributed by atoms with Crippen LogP contribution in [0.25, 0.3) is 55.6 Å². The van der Waals surface area contributed by atoms with Gasteiger partial charge in [0.2, 0.25) is 0 Å². The van der Waals surface area contributed by atoms with Crippen molar-refractivity contribution in [2.45, 2.75) is 52.8 Å². The van der Waals surface area contributed by atoms with Gasteiger partial charge in [-0.2, -0.15) is 0 Å². The Morgan fingerprint density at radius 3 is 2.15 bits per heavy atom. The molecule has 3 heterocycles. The average Bonchev–Trinajstić information content (AvgIpc) is 3.43. The number of nitrogens with zero attached hydrogens (tertiary/aromatic N) is 2. The van der Waals surface area contributed by atoms with Crippen molar-refractivity contribution in [3.8, 4) is 33.6 Å². The van der Waals surface area contributed by atoms with Crippen LogP contribution in [0.1, 0.15) is 31.9 Å². The Labute approximate surface area is 293 Å². The summed E-state index contributed by atoms with van der Waals surface area (Å²) in [5.74, 6) is 0. The Kier molecular flexibility index (Phi) is 10.1. The molecule has 7 rings (SSSR count). The number of fused-ring (bicyclic) bond motifs is 3. The van der Waals surface area contributed by atoms with Gasteiger partial charge in [0, 0.05) is 37.9 Å². The number of hydrogen-bond acceptors (Lipinski definition) is 3. The molecule has 0 saturated heterocycles. The number of rotatable bonds is 4. The fraction of sp³-hybridized carbons (Fsp3) is 0.190. The van der Waals surface area contributed by atoms with E-state index in [0.717, 1.165) is 44.5 Å². The fourth-order valence-electron chi connectivity index (χ4n) is 5.82. The predicted octanol–water partition coefficient (Wildman–Crippen LogP) is 10.8. The van der Waals surface area contributed by atoms with Crippen LogP contribution in [0.3, 0.4) is 0 Å². The van der Waals surface area contributed by atoms with E-state index in [1.165, 1.54) is 27.4 Å². The van der Waals surface area contributed by atoms with Crippen molar-refractivity contribution in [2.24, 2.45) is 0 Å². The van der Waals surface area contributed by atoms with Crippen LogP contribution < -0.4 is 5.19 Å². The molecule has 47 heavy (non-hydrogen) atoms. The second-order valence-electron chi connectivity index (χ2n) is 13.9. The van der Waals surface area contributed by atoms with Gasteiger partial charge in [0.15, 0.2) is 0 Å². The zero-order valence-corrected chi connectivity index (χ0v) is 31.5. The molecule has 3 aromatic heterocycles. The maximum atomic E-state index is 6.28. The normalized spacial score (nSPS) is 11.6. The summed E-state index contributed by atoms with van der Waals surface area (Å²) in [4.78, 5) is 9.20. The van der Waals surface area contributed by atoms with E-state index >= 15 is 0 Å². The zero-order valence-electron chi connectivity index (χ0n) is 28.1. The first kappa shape index (κ1) is 34.2. The quantitative estimate of drug-likeness (QED) is 0.131. The number of aromatic nitrogens is 2. The minimum Gasteiger partial charge on any atom is -0.501 e. The Bertz CT molecular complexity index is 2120. The van der Waals surface area contributed by atoms with Crippen molar-refractivity contribution < 1.29 is 24.5 Å². The van der Waals surface area contributed by atoms with Crippen LogP contribution in [0, 0.1) is 19.1 Å². The SMILES string of the molecule is CC(C)(C)c1ccnc(-c2[c-]ccc3c2oc2ccc(-c4ccccc4)cc23)c1.Cc1cc(-c2[c-]cccc2)ncc1[Si](C)(C)C.[Ir]. The van der Waals surface area contributed by atoms with E-state index < -0.39 is 8.07 Å². The van der Waals surface area contributed by atoms with Gasteiger partial charge in [-0.1, -0.05) is 105 Å². The van der Waals surface area contributed by atoms with E-state index in [1.54, 1.807) is 0 Å². The van der Waals surface area contributed by atoms with E-state index in [4.69, 9.17) is 4.42 Å². The molecule has 0 N–H and O–H groups in total. The molecule has 0 unspecified atom stereocenters. The largest absolute Gasteiger partial charge is 0.501 e. The van der Waals surface area contributed by atoms with Crippen LogP contribution >= 0.6 is 0 Å². The summed E-state index contributed by atoms with van der Waals surface area (Å²) in [6.45, 7) is 15.9. The summed E-state index contributed by atoms with van der Waals surface area (Å²) in [7, 11) is -1.27. The van der Waals surface area contributed by atoms with Crippen LogP contribution in [0.4, 0.5) is 0 Å². The van der Waals surface area contributed by atoms with Gasteiger partial charge in [0.05, 0.1) is 13.7 Å². The third kappa shape index (κ3) is 7.54. The summed E-state index contributed by atoms with van der Waals surface area (Å²) < 4.78 is 6.28. The molecule has 4 aromatic carbocycles. The number of aryl methyl sites for hydroxylation is 1. The first-order chi connectivity index (χ1) is 22.0.